The van der Waals surface area contributed by atoms with Crippen LogP contribution in [-0.2, 0) is 4.74 Å². The molecule has 3 nitrogen and oxygen atoms in total. The molecule has 0 N–H and O–H groups in total. The third kappa shape index (κ3) is 1.78. The van der Waals surface area contributed by atoms with Gasteiger partial charge < -0.3 is 9.64 Å². The summed E-state index contributed by atoms with van der Waals surface area (Å²) in [6.07, 6.45) is 5.35. The van der Waals surface area contributed by atoms with Crippen LogP contribution in [0.4, 0.5) is 5.69 Å². The number of ether oxygens (including phenoxy) is 1. The van der Waals surface area contributed by atoms with Gasteiger partial charge in [-0.15, -0.1) is 0 Å². The van der Waals surface area contributed by atoms with E-state index < -0.39 is 0 Å². The van der Waals surface area contributed by atoms with E-state index in [0.717, 1.165) is 32.5 Å². The predicted octanol–water partition coefficient (Wildman–Crippen LogP) is 2.49. The number of nitrogens with zero attached hydrogens (tertiary/aromatic N) is 2. The van der Waals surface area contributed by atoms with Crippen LogP contribution in [0.1, 0.15) is 19.3 Å². The first kappa shape index (κ1) is 10.4. The van der Waals surface area contributed by atoms with Gasteiger partial charge in [0.25, 0.3) is 0 Å². The predicted molar refractivity (Wildman–Crippen MR) is 64.0 cm³/mol. The van der Waals surface area contributed by atoms with Crippen molar-refractivity contribution in [2.45, 2.75) is 24.9 Å². The minimum atomic E-state index is 0.219. The lowest BCUT2D eigenvalue weighted by molar-refractivity contribution is -0.158. The lowest BCUT2D eigenvalue weighted by Crippen LogP contribution is -2.52. The Morgan fingerprint density at radius 3 is 2.50 bits per heavy atom. The van der Waals surface area contributed by atoms with Gasteiger partial charge in [-0.05, 0) is 31.4 Å². The van der Waals surface area contributed by atoms with Crippen molar-refractivity contribution in [1.82, 2.24) is 4.98 Å². The van der Waals surface area contributed by atoms with Gasteiger partial charge in [0, 0.05) is 13.1 Å². The van der Waals surface area contributed by atoms with Crippen molar-refractivity contribution in [3.63, 3.8) is 0 Å². The van der Waals surface area contributed by atoms with Gasteiger partial charge in [0.15, 0.2) is 0 Å². The van der Waals surface area contributed by atoms with Gasteiger partial charge in [0.05, 0.1) is 24.1 Å². The fourth-order valence-corrected chi connectivity index (χ4v) is 2.62. The number of pyridine rings is 1. The molecule has 0 amide bonds. The molecule has 3 heterocycles. The molecule has 0 atom stereocenters. The minimum Gasteiger partial charge on any atom is -0.375 e. The number of rotatable bonds is 1. The second-order valence-corrected chi connectivity index (χ2v) is 4.99. The molecule has 1 aromatic rings. The molecule has 0 aliphatic carbocycles. The first-order valence-corrected chi connectivity index (χ1v) is 6.16. The van der Waals surface area contributed by atoms with Crippen molar-refractivity contribution in [1.29, 1.82) is 0 Å². The number of hydrogen-bond donors (Lipinski definition) is 0. The van der Waals surface area contributed by atoms with Crippen LogP contribution < -0.4 is 4.90 Å². The van der Waals surface area contributed by atoms with E-state index in [1.54, 1.807) is 0 Å². The van der Waals surface area contributed by atoms with Crippen LogP contribution >= 0.6 is 11.6 Å². The van der Waals surface area contributed by atoms with E-state index in [9.17, 15) is 0 Å². The first-order valence-electron chi connectivity index (χ1n) is 5.78. The average Bonchev–Trinajstić information content (AvgIpc) is 2.28. The van der Waals surface area contributed by atoms with Crippen molar-refractivity contribution >= 4 is 17.3 Å². The molecule has 1 spiro atoms. The Bertz CT molecular complexity index is 365. The zero-order valence-corrected chi connectivity index (χ0v) is 9.91. The molecule has 86 valence electrons. The number of aromatic nitrogens is 1. The number of hydrogen-bond acceptors (Lipinski definition) is 3. The maximum absolute atomic E-state index is 5.78. The summed E-state index contributed by atoms with van der Waals surface area (Å²) in [5.74, 6) is 0. The molecule has 2 saturated heterocycles. The minimum absolute atomic E-state index is 0.219. The van der Waals surface area contributed by atoms with E-state index in [0.29, 0.717) is 5.15 Å². The van der Waals surface area contributed by atoms with Crippen LogP contribution in [0.25, 0.3) is 0 Å². The molecule has 0 unspecified atom stereocenters. The molecular weight excluding hydrogens is 224 g/mol. The van der Waals surface area contributed by atoms with Crippen LogP contribution in [0, 0.1) is 0 Å². The lowest BCUT2D eigenvalue weighted by Gasteiger charge is -2.48. The van der Waals surface area contributed by atoms with Crippen LogP contribution in [0.2, 0.25) is 5.15 Å². The topological polar surface area (TPSA) is 25.4 Å². The smallest absolute Gasteiger partial charge is 0.129 e. The van der Waals surface area contributed by atoms with Gasteiger partial charge in [-0.3, -0.25) is 0 Å². The first-order chi connectivity index (χ1) is 7.77. The summed E-state index contributed by atoms with van der Waals surface area (Å²) in [6.45, 7) is 3.06. The van der Waals surface area contributed by atoms with E-state index in [4.69, 9.17) is 16.3 Å². The highest BCUT2D eigenvalue weighted by Gasteiger charge is 2.41. The highest BCUT2D eigenvalue weighted by molar-refractivity contribution is 6.29. The SMILES string of the molecule is Clc1ccc(N2CCC3(CCO3)CC2)cn1. The van der Waals surface area contributed by atoms with E-state index in [2.05, 4.69) is 9.88 Å². The van der Waals surface area contributed by atoms with Crippen molar-refractivity contribution in [3.05, 3.63) is 23.5 Å². The molecule has 2 aliphatic heterocycles. The van der Waals surface area contributed by atoms with Crippen molar-refractivity contribution in [2.24, 2.45) is 0 Å². The summed E-state index contributed by atoms with van der Waals surface area (Å²) in [5, 5.41) is 0.555. The Morgan fingerprint density at radius 2 is 2.00 bits per heavy atom. The Balaban J connectivity index is 1.67. The van der Waals surface area contributed by atoms with Gasteiger partial charge in [-0.1, -0.05) is 11.6 Å². The molecule has 0 aromatic carbocycles. The van der Waals surface area contributed by atoms with Crippen LogP contribution in [-0.4, -0.2) is 30.3 Å². The Morgan fingerprint density at radius 1 is 1.25 bits per heavy atom. The molecule has 0 bridgehead atoms. The molecule has 1 aromatic heterocycles. The van der Waals surface area contributed by atoms with E-state index in [-0.39, 0.29) is 5.60 Å². The number of anilines is 1. The summed E-state index contributed by atoms with van der Waals surface area (Å²) in [4.78, 5) is 6.47. The summed E-state index contributed by atoms with van der Waals surface area (Å²) < 4.78 is 5.70. The quantitative estimate of drug-likeness (QED) is 0.703. The van der Waals surface area contributed by atoms with Crippen molar-refractivity contribution in [3.8, 4) is 0 Å². The number of piperidine rings is 1. The zero-order chi connectivity index (χ0) is 11.0. The molecular formula is C12H15ClN2O. The molecule has 2 fully saturated rings. The molecule has 0 saturated carbocycles. The summed E-state index contributed by atoms with van der Waals surface area (Å²) >= 11 is 5.78. The summed E-state index contributed by atoms with van der Waals surface area (Å²) in [7, 11) is 0. The largest absolute Gasteiger partial charge is 0.375 e. The standard InChI is InChI=1S/C12H15ClN2O/c13-11-2-1-10(9-14-11)15-6-3-12(4-7-15)5-8-16-12/h1-2,9H,3-8H2. The lowest BCUT2D eigenvalue weighted by atomic mass is 9.84. The summed E-state index contributed by atoms with van der Waals surface area (Å²) in [6, 6.07) is 3.88. The van der Waals surface area contributed by atoms with Crippen LogP contribution in [0.15, 0.2) is 18.3 Å². The van der Waals surface area contributed by atoms with Gasteiger partial charge in [-0.2, -0.15) is 0 Å². The highest BCUT2D eigenvalue weighted by atomic mass is 35.5. The molecule has 0 radical (unpaired) electrons. The number of halogens is 1. The second-order valence-electron chi connectivity index (χ2n) is 4.61. The normalized spacial score (nSPS) is 23.2. The zero-order valence-electron chi connectivity index (χ0n) is 9.16. The van der Waals surface area contributed by atoms with Crippen molar-refractivity contribution in [2.75, 3.05) is 24.6 Å². The van der Waals surface area contributed by atoms with Gasteiger partial charge in [0.1, 0.15) is 5.15 Å². The third-order valence-electron chi connectivity index (χ3n) is 3.72. The fraction of sp³-hybridized carbons (Fsp3) is 0.583. The summed E-state index contributed by atoms with van der Waals surface area (Å²) in [5.41, 5.74) is 1.38. The Labute approximate surface area is 100 Å². The van der Waals surface area contributed by atoms with E-state index in [1.807, 2.05) is 18.3 Å². The Hall–Kier alpha value is -0.800. The van der Waals surface area contributed by atoms with Crippen molar-refractivity contribution < 1.29 is 4.74 Å². The maximum atomic E-state index is 5.78. The van der Waals surface area contributed by atoms with Crippen LogP contribution in [0.5, 0.6) is 0 Å². The fourth-order valence-electron chi connectivity index (χ4n) is 2.51. The van der Waals surface area contributed by atoms with Crippen LogP contribution in [0.3, 0.4) is 0 Å². The van der Waals surface area contributed by atoms with E-state index in [1.165, 1.54) is 12.1 Å². The van der Waals surface area contributed by atoms with Gasteiger partial charge in [0.2, 0.25) is 0 Å². The molecule has 2 aliphatic rings. The highest BCUT2D eigenvalue weighted by Crippen LogP contribution is 2.37. The molecule has 3 rings (SSSR count). The molecule has 16 heavy (non-hydrogen) atoms. The van der Waals surface area contributed by atoms with E-state index >= 15 is 0 Å². The second kappa shape index (κ2) is 3.90. The van der Waals surface area contributed by atoms with Gasteiger partial charge in [-0.25, -0.2) is 4.98 Å². The Kier molecular flexibility index (Phi) is 2.52. The maximum Gasteiger partial charge on any atom is 0.129 e. The third-order valence-corrected chi connectivity index (χ3v) is 3.94. The monoisotopic (exact) mass is 238 g/mol. The average molecular weight is 239 g/mol. The molecule has 4 heteroatoms. The van der Waals surface area contributed by atoms with Gasteiger partial charge >= 0.3 is 0 Å².